The molecular weight excluding hydrogens is 444 g/mol. The minimum atomic E-state index is -0.383. The first-order valence-corrected chi connectivity index (χ1v) is 12.1. The van der Waals surface area contributed by atoms with E-state index in [1.807, 2.05) is 63.3 Å². The maximum atomic E-state index is 13.5. The number of nitrogens with one attached hydrogen (secondary N) is 1. The van der Waals surface area contributed by atoms with Crippen LogP contribution in [0.25, 0.3) is 12.2 Å². The Balaban J connectivity index is 1.91. The van der Waals surface area contributed by atoms with Gasteiger partial charge in [0.15, 0.2) is 0 Å². The number of fused-ring (bicyclic) bond motifs is 1. The van der Waals surface area contributed by atoms with Crippen LogP contribution in [-0.4, -0.2) is 77.3 Å². The van der Waals surface area contributed by atoms with E-state index < -0.39 is 0 Å². The van der Waals surface area contributed by atoms with Gasteiger partial charge < -0.3 is 25.0 Å². The van der Waals surface area contributed by atoms with E-state index in [-0.39, 0.29) is 42.5 Å². The van der Waals surface area contributed by atoms with E-state index in [9.17, 15) is 14.7 Å². The van der Waals surface area contributed by atoms with Crippen molar-refractivity contribution in [2.24, 2.45) is 5.92 Å². The van der Waals surface area contributed by atoms with Crippen molar-refractivity contribution in [3.8, 4) is 5.88 Å². The molecule has 0 bridgehead atoms. The summed E-state index contributed by atoms with van der Waals surface area (Å²) < 4.78 is 6.26. The van der Waals surface area contributed by atoms with Crippen molar-refractivity contribution in [1.29, 1.82) is 0 Å². The van der Waals surface area contributed by atoms with Crippen LogP contribution in [0.3, 0.4) is 0 Å². The molecule has 8 nitrogen and oxygen atoms in total. The van der Waals surface area contributed by atoms with Gasteiger partial charge in [-0.05, 0) is 30.5 Å². The fourth-order valence-corrected chi connectivity index (χ4v) is 3.90. The maximum absolute atomic E-state index is 13.5. The van der Waals surface area contributed by atoms with Crippen molar-refractivity contribution in [3.05, 3.63) is 59.3 Å². The molecule has 3 amide bonds. The molecule has 1 aliphatic heterocycles. The molecule has 0 radical (unpaired) electrons. The number of hydrogen-bond acceptors (Lipinski definition) is 5. The molecule has 188 valence electrons. The fourth-order valence-electron chi connectivity index (χ4n) is 3.90. The number of pyridine rings is 1. The number of hydrogen-bond donors (Lipinski definition) is 2. The number of benzene rings is 1. The Hall–Kier alpha value is -3.39. The quantitative estimate of drug-likeness (QED) is 0.603. The number of aliphatic hydroxyl groups is 1. The second-order valence-corrected chi connectivity index (χ2v) is 9.10. The molecule has 0 aliphatic carbocycles. The third kappa shape index (κ3) is 6.82. The Kier molecular flexibility index (Phi) is 9.25. The molecule has 0 unspecified atom stereocenters. The van der Waals surface area contributed by atoms with Gasteiger partial charge in [0, 0.05) is 32.3 Å². The van der Waals surface area contributed by atoms with Gasteiger partial charge in [-0.15, -0.1) is 0 Å². The van der Waals surface area contributed by atoms with E-state index in [0.717, 1.165) is 17.5 Å². The largest absolute Gasteiger partial charge is 0.472 e. The zero-order valence-corrected chi connectivity index (χ0v) is 21.0. The molecule has 3 rings (SSSR count). The summed E-state index contributed by atoms with van der Waals surface area (Å²) in [5, 5.41) is 12.7. The SMILES string of the molecule is CCCNC(=O)N(C)C[C@@H]1Oc2ncc(/C=C/c3ccccc3)cc2C(=O)N([C@@H](C)CO)C[C@@H]1C. The lowest BCUT2D eigenvalue weighted by atomic mass is 10.00. The van der Waals surface area contributed by atoms with Gasteiger partial charge in [-0.25, -0.2) is 9.78 Å². The van der Waals surface area contributed by atoms with Gasteiger partial charge in [0.1, 0.15) is 11.7 Å². The fraction of sp³-hybridized carbons (Fsp3) is 0.444. The van der Waals surface area contributed by atoms with E-state index in [0.29, 0.717) is 25.2 Å². The number of urea groups is 1. The summed E-state index contributed by atoms with van der Waals surface area (Å²) in [5.74, 6) is -0.0914. The number of carbonyl (C=O) groups is 2. The second kappa shape index (κ2) is 12.4. The molecule has 0 spiro atoms. The first kappa shape index (κ1) is 26.2. The molecule has 0 saturated carbocycles. The van der Waals surface area contributed by atoms with Gasteiger partial charge >= 0.3 is 6.03 Å². The van der Waals surface area contributed by atoms with Gasteiger partial charge in [-0.1, -0.05) is 56.3 Å². The van der Waals surface area contributed by atoms with Crippen molar-refractivity contribution in [1.82, 2.24) is 20.1 Å². The van der Waals surface area contributed by atoms with Crippen LogP contribution in [0, 0.1) is 5.92 Å². The molecule has 1 aromatic heterocycles. The standard InChI is InChI=1S/C27H36N4O4/c1-5-13-28-27(34)30(4)17-24-19(2)16-31(20(3)18-32)26(33)23-14-22(15-29-25(23)35-24)12-11-21-9-7-6-8-10-21/h6-12,14-15,19-20,24,32H,5,13,16-18H2,1-4H3,(H,28,34)/b12-11+/t19-,20-,24-/m0/s1. The zero-order valence-electron chi connectivity index (χ0n) is 21.0. The van der Waals surface area contributed by atoms with E-state index >= 15 is 0 Å². The van der Waals surface area contributed by atoms with Crippen LogP contribution in [0.1, 0.15) is 48.7 Å². The molecule has 8 heteroatoms. The van der Waals surface area contributed by atoms with Crippen LogP contribution >= 0.6 is 0 Å². The average Bonchev–Trinajstić information content (AvgIpc) is 2.88. The van der Waals surface area contributed by atoms with Crippen LogP contribution in [-0.2, 0) is 0 Å². The van der Waals surface area contributed by atoms with Crippen LogP contribution in [0.4, 0.5) is 4.79 Å². The molecular formula is C27H36N4O4. The van der Waals surface area contributed by atoms with Gasteiger partial charge in [-0.3, -0.25) is 4.79 Å². The lowest BCUT2D eigenvalue weighted by Crippen LogP contribution is -2.51. The van der Waals surface area contributed by atoms with Crippen molar-refractivity contribution in [2.45, 2.75) is 39.3 Å². The van der Waals surface area contributed by atoms with E-state index in [4.69, 9.17) is 4.74 Å². The number of amides is 3. The predicted molar refractivity (Wildman–Crippen MR) is 137 cm³/mol. The van der Waals surface area contributed by atoms with E-state index in [1.165, 1.54) is 0 Å². The van der Waals surface area contributed by atoms with Crippen molar-refractivity contribution in [2.75, 3.05) is 33.3 Å². The molecule has 0 saturated heterocycles. The molecule has 1 aromatic carbocycles. The smallest absolute Gasteiger partial charge is 0.317 e. The Morgan fingerprint density at radius 3 is 2.71 bits per heavy atom. The number of carbonyl (C=O) groups excluding carboxylic acids is 2. The number of aliphatic hydroxyl groups excluding tert-OH is 1. The topological polar surface area (TPSA) is 95.0 Å². The third-order valence-electron chi connectivity index (χ3n) is 6.14. The van der Waals surface area contributed by atoms with Crippen LogP contribution in [0.2, 0.25) is 0 Å². The summed E-state index contributed by atoms with van der Waals surface area (Å²) in [7, 11) is 1.73. The maximum Gasteiger partial charge on any atom is 0.317 e. The molecule has 2 aromatic rings. The van der Waals surface area contributed by atoms with Gasteiger partial charge in [-0.2, -0.15) is 0 Å². The zero-order chi connectivity index (χ0) is 25.4. The highest BCUT2D eigenvalue weighted by Crippen LogP contribution is 2.28. The number of aromatic nitrogens is 1. The van der Waals surface area contributed by atoms with Gasteiger partial charge in [0.2, 0.25) is 5.88 Å². The second-order valence-electron chi connectivity index (χ2n) is 9.10. The highest BCUT2D eigenvalue weighted by molar-refractivity contribution is 5.97. The number of ether oxygens (including phenoxy) is 1. The number of rotatable bonds is 8. The lowest BCUT2D eigenvalue weighted by Gasteiger charge is -2.37. The van der Waals surface area contributed by atoms with E-state index in [2.05, 4.69) is 10.3 Å². The number of likely N-dealkylation sites (N-methyl/N-ethyl adjacent to an activating group) is 1. The summed E-state index contributed by atoms with van der Waals surface area (Å²) in [6, 6.07) is 11.1. The third-order valence-corrected chi connectivity index (χ3v) is 6.14. The minimum absolute atomic E-state index is 0.0954. The first-order valence-electron chi connectivity index (χ1n) is 12.1. The summed E-state index contributed by atoms with van der Waals surface area (Å²) in [6.45, 7) is 6.97. The Bertz CT molecular complexity index is 1030. The van der Waals surface area contributed by atoms with Gasteiger partial charge in [0.25, 0.3) is 5.91 Å². The molecule has 0 fully saturated rings. The summed E-state index contributed by atoms with van der Waals surface area (Å²) >= 11 is 0. The van der Waals surface area contributed by atoms with Gasteiger partial charge in [0.05, 0.1) is 19.2 Å². The summed E-state index contributed by atoms with van der Waals surface area (Å²) in [5.41, 5.74) is 2.15. The van der Waals surface area contributed by atoms with E-state index in [1.54, 1.807) is 29.1 Å². The Morgan fingerprint density at radius 2 is 2.03 bits per heavy atom. The first-order chi connectivity index (χ1) is 16.8. The molecule has 3 atom stereocenters. The highest BCUT2D eigenvalue weighted by atomic mass is 16.5. The van der Waals surface area contributed by atoms with Crippen LogP contribution in [0.15, 0.2) is 42.6 Å². The molecule has 2 heterocycles. The van der Waals surface area contributed by atoms with Crippen LogP contribution in [0.5, 0.6) is 5.88 Å². The predicted octanol–water partition coefficient (Wildman–Crippen LogP) is 3.52. The lowest BCUT2D eigenvalue weighted by molar-refractivity contribution is 0.0352. The Morgan fingerprint density at radius 1 is 1.31 bits per heavy atom. The molecule has 35 heavy (non-hydrogen) atoms. The molecule has 1 aliphatic rings. The number of nitrogens with zero attached hydrogens (tertiary/aromatic N) is 3. The summed E-state index contributed by atoms with van der Waals surface area (Å²) in [6.07, 6.45) is 6.00. The van der Waals surface area contributed by atoms with Crippen LogP contribution < -0.4 is 10.1 Å². The van der Waals surface area contributed by atoms with Crippen molar-refractivity contribution in [3.63, 3.8) is 0 Å². The summed E-state index contributed by atoms with van der Waals surface area (Å²) in [4.78, 5) is 33.7. The monoisotopic (exact) mass is 480 g/mol. The Labute approximate surface area is 207 Å². The average molecular weight is 481 g/mol. The highest BCUT2D eigenvalue weighted by Gasteiger charge is 2.34. The van der Waals surface area contributed by atoms with Crippen molar-refractivity contribution < 1.29 is 19.4 Å². The normalized spacial score (nSPS) is 18.9. The van der Waals surface area contributed by atoms with Crippen molar-refractivity contribution >= 4 is 24.1 Å². The molecule has 2 N–H and O–H groups in total. The minimum Gasteiger partial charge on any atom is -0.472 e.